The molecular formula is C43H29F6N3. The normalized spacial score (nSPS) is 12.4. The lowest BCUT2D eigenvalue weighted by atomic mass is 9.95. The summed E-state index contributed by atoms with van der Waals surface area (Å²) in [5.41, 5.74) is 3.90. The summed E-state index contributed by atoms with van der Waals surface area (Å²) < 4.78 is 92.4. The van der Waals surface area contributed by atoms with Gasteiger partial charge in [0.15, 0.2) is 5.69 Å². The van der Waals surface area contributed by atoms with Gasteiger partial charge in [-0.15, -0.1) is 0 Å². The molecule has 0 fully saturated rings. The average Bonchev–Trinajstić information content (AvgIpc) is 3.57. The minimum atomic E-state index is -4.83. The first-order valence-electron chi connectivity index (χ1n) is 16.5. The number of benzene rings is 6. The highest BCUT2D eigenvalue weighted by Crippen LogP contribution is 2.47. The average molecular weight is 702 g/mol. The van der Waals surface area contributed by atoms with E-state index in [1.807, 2.05) is 100 Å². The Morgan fingerprint density at radius 1 is 0.462 bits per heavy atom. The van der Waals surface area contributed by atoms with Gasteiger partial charge in [-0.25, -0.2) is 4.85 Å². The summed E-state index contributed by atoms with van der Waals surface area (Å²) in [7, 11) is 0. The molecule has 0 amide bonds. The Kier molecular flexibility index (Phi) is 7.33. The van der Waals surface area contributed by atoms with Crippen molar-refractivity contribution in [2.75, 3.05) is 0 Å². The number of aryl methyl sites for hydroxylation is 4. The van der Waals surface area contributed by atoms with Crippen LogP contribution < -0.4 is 0 Å². The fraction of sp³-hybridized carbons (Fsp3) is 0.140. The third-order valence-corrected chi connectivity index (χ3v) is 9.72. The Morgan fingerprint density at radius 2 is 0.808 bits per heavy atom. The topological polar surface area (TPSA) is 14.2 Å². The van der Waals surface area contributed by atoms with Gasteiger partial charge in [0.25, 0.3) is 0 Å². The molecule has 0 N–H and O–H groups in total. The first kappa shape index (κ1) is 33.2. The SMILES string of the molecule is [C-]#[N+]c1cc(-c2c(-n3c4ccc(C)cc4c4cc(C)ccc43)cc(C(F)(F)F)cc2-n2c3ccc(C)cc3c3cc(C)ccc32)cc(C(F)(F)F)c1. The van der Waals surface area contributed by atoms with Crippen molar-refractivity contribution in [1.29, 1.82) is 0 Å². The summed E-state index contributed by atoms with van der Waals surface area (Å²) in [5.74, 6) is 0. The van der Waals surface area contributed by atoms with Crippen molar-refractivity contribution >= 4 is 49.3 Å². The van der Waals surface area contributed by atoms with E-state index in [1.165, 1.54) is 6.07 Å². The Hall–Kier alpha value is -6.01. The number of rotatable bonds is 3. The number of fused-ring (bicyclic) bond motifs is 6. The second-order valence-corrected chi connectivity index (χ2v) is 13.5. The highest BCUT2D eigenvalue weighted by Gasteiger charge is 2.36. The molecule has 0 atom stereocenters. The minimum absolute atomic E-state index is 0.0296. The lowest BCUT2D eigenvalue weighted by molar-refractivity contribution is -0.138. The highest BCUT2D eigenvalue weighted by molar-refractivity contribution is 6.12. The fourth-order valence-corrected chi connectivity index (χ4v) is 7.43. The molecule has 0 aliphatic carbocycles. The molecule has 3 nitrogen and oxygen atoms in total. The van der Waals surface area contributed by atoms with Gasteiger partial charge < -0.3 is 9.13 Å². The smallest absolute Gasteiger partial charge is 0.309 e. The number of alkyl halides is 6. The molecule has 9 heteroatoms. The van der Waals surface area contributed by atoms with Crippen LogP contribution in [0.2, 0.25) is 0 Å². The number of hydrogen-bond acceptors (Lipinski definition) is 0. The molecule has 2 heterocycles. The Labute approximate surface area is 294 Å². The maximum Gasteiger partial charge on any atom is 0.416 e. The molecule has 0 bridgehead atoms. The molecule has 8 aromatic rings. The van der Waals surface area contributed by atoms with Crippen LogP contribution in [0.25, 0.3) is 71.0 Å². The number of aromatic nitrogens is 2. The van der Waals surface area contributed by atoms with Crippen LogP contribution in [0.3, 0.4) is 0 Å². The van der Waals surface area contributed by atoms with Crippen LogP contribution in [0.5, 0.6) is 0 Å². The first-order chi connectivity index (χ1) is 24.6. The fourth-order valence-electron chi connectivity index (χ4n) is 7.43. The van der Waals surface area contributed by atoms with Crippen LogP contribution in [-0.2, 0) is 12.4 Å². The second kappa shape index (κ2) is 11.5. The maximum absolute atomic E-state index is 15.2. The van der Waals surface area contributed by atoms with Gasteiger partial charge in [0, 0.05) is 32.7 Å². The molecule has 6 aromatic carbocycles. The van der Waals surface area contributed by atoms with Gasteiger partial charge in [-0.2, -0.15) is 26.3 Å². The van der Waals surface area contributed by atoms with Gasteiger partial charge in [0.05, 0.1) is 45.6 Å². The van der Waals surface area contributed by atoms with E-state index in [4.69, 9.17) is 6.57 Å². The molecule has 0 spiro atoms. The largest absolute Gasteiger partial charge is 0.416 e. The monoisotopic (exact) mass is 701 g/mol. The van der Waals surface area contributed by atoms with E-state index in [0.29, 0.717) is 22.1 Å². The summed E-state index contributed by atoms with van der Waals surface area (Å²) in [5, 5.41) is 3.16. The van der Waals surface area contributed by atoms with Crippen LogP contribution >= 0.6 is 0 Å². The van der Waals surface area contributed by atoms with Gasteiger partial charge in [0.1, 0.15) is 0 Å². The molecule has 0 unspecified atom stereocenters. The lowest BCUT2D eigenvalue weighted by Crippen LogP contribution is -2.11. The highest BCUT2D eigenvalue weighted by atomic mass is 19.4. The molecule has 0 aliphatic heterocycles. The standard InChI is InChI=1S/C43H29F6N3/c1-23-6-10-35-31(14-23)32-15-24(2)7-11-36(32)51(35)39-21-29(43(47,48)49)22-40(41(39)27-18-28(42(44,45)46)20-30(19-27)50-5)52-37-12-8-25(3)16-33(37)34-17-26(4)9-13-38(34)52/h6-22H,1-4H3. The van der Waals surface area contributed by atoms with Crippen LogP contribution in [0.1, 0.15) is 33.4 Å². The van der Waals surface area contributed by atoms with E-state index < -0.39 is 23.5 Å². The van der Waals surface area contributed by atoms with Crippen LogP contribution in [0.15, 0.2) is 103 Å². The summed E-state index contributed by atoms with van der Waals surface area (Å²) in [4.78, 5) is 3.37. The third-order valence-electron chi connectivity index (χ3n) is 9.72. The number of hydrogen-bond donors (Lipinski definition) is 0. The molecule has 2 aromatic heterocycles. The van der Waals surface area contributed by atoms with Gasteiger partial charge in [0.2, 0.25) is 0 Å². The Morgan fingerprint density at radius 3 is 1.13 bits per heavy atom. The van der Waals surface area contributed by atoms with Crippen molar-refractivity contribution in [2.24, 2.45) is 0 Å². The summed E-state index contributed by atoms with van der Waals surface area (Å²) >= 11 is 0. The predicted octanol–water partition coefficient (Wildman–Crippen LogP) is 13.4. The third kappa shape index (κ3) is 5.29. The van der Waals surface area contributed by atoms with Gasteiger partial charge in [-0.1, -0.05) is 46.5 Å². The summed E-state index contributed by atoms with van der Waals surface area (Å²) in [6.07, 6.45) is -9.65. The zero-order valence-electron chi connectivity index (χ0n) is 28.4. The molecule has 0 radical (unpaired) electrons. The molecule has 52 heavy (non-hydrogen) atoms. The Bertz CT molecular complexity index is 2560. The number of nitrogens with zero attached hydrogens (tertiary/aromatic N) is 3. The zero-order valence-corrected chi connectivity index (χ0v) is 28.4. The maximum atomic E-state index is 15.2. The van der Waals surface area contributed by atoms with Crippen molar-refractivity contribution in [2.45, 2.75) is 40.0 Å². The van der Waals surface area contributed by atoms with Crippen LogP contribution in [-0.4, -0.2) is 9.13 Å². The van der Waals surface area contributed by atoms with Crippen molar-refractivity contribution in [3.63, 3.8) is 0 Å². The molecule has 258 valence electrons. The van der Waals surface area contributed by atoms with Crippen LogP contribution in [0, 0.1) is 34.3 Å². The van der Waals surface area contributed by atoms with Gasteiger partial charge >= 0.3 is 12.4 Å². The molecule has 0 saturated heterocycles. The van der Waals surface area contributed by atoms with E-state index >= 15 is 13.2 Å². The van der Waals surface area contributed by atoms with E-state index in [2.05, 4.69) is 4.85 Å². The van der Waals surface area contributed by atoms with Crippen molar-refractivity contribution < 1.29 is 26.3 Å². The zero-order chi connectivity index (χ0) is 36.9. The minimum Gasteiger partial charge on any atom is -0.309 e. The van der Waals surface area contributed by atoms with Gasteiger partial charge in [-0.05, 0) is 112 Å². The van der Waals surface area contributed by atoms with Crippen molar-refractivity contribution in [3.05, 3.63) is 148 Å². The van der Waals surface area contributed by atoms with Gasteiger partial charge in [-0.3, -0.25) is 0 Å². The van der Waals surface area contributed by atoms with E-state index in [1.54, 1.807) is 9.13 Å². The van der Waals surface area contributed by atoms with Crippen molar-refractivity contribution in [3.8, 4) is 22.5 Å². The molecule has 0 saturated carbocycles. The first-order valence-corrected chi connectivity index (χ1v) is 16.5. The quantitative estimate of drug-likeness (QED) is 0.129. The lowest BCUT2D eigenvalue weighted by Gasteiger charge is -2.23. The number of halogens is 6. The molecular weight excluding hydrogens is 672 g/mol. The van der Waals surface area contributed by atoms with Crippen molar-refractivity contribution in [1.82, 2.24) is 9.13 Å². The van der Waals surface area contributed by atoms with E-state index in [-0.39, 0.29) is 28.2 Å². The Balaban J connectivity index is 1.65. The summed E-state index contributed by atoms with van der Waals surface area (Å²) in [6, 6.07) is 27.6. The van der Waals surface area contributed by atoms with E-state index in [9.17, 15) is 13.2 Å². The molecule has 8 rings (SSSR count). The van der Waals surface area contributed by atoms with E-state index in [0.717, 1.165) is 68.1 Å². The van der Waals surface area contributed by atoms with Crippen LogP contribution in [0.4, 0.5) is 32.0 Å². The second-order valence-electron chi connectivity index (χ2n) is 13.5. The molecule has 0 aliphatic rings. The summed E-state index contributed by atoms with van der Waals surface area (Å²) in [6.45, 7) is 15.4. The predicted molar refractivity (Wildman–Crippen MR) is 196 cm³/mol.